The number of fused-ring (bicyclic) bond motifs is 1. The first-order valence-corrected chi connectivity index (χ1v) is 4.47. The van der Waals surface area contributed by atoms with Crippen molar-refractivity contribution in [2.75, 3.05) is 7.11 Å². The third-order valence-electron chi connectivity index (χ3n) is 2.25. The highest BCUT2D eigenvalue weighted by molar-refractivity contribution is 6.04. The summed E-state index contributed by atoms with van der Waals surface area (Å²) in [5.41, 5.74) is 6.98. The monoisotopic (exact) mass is 205 g/mol. The molecule has 5 heteroatoms. The summed E-state index contributed by atoms with van der Waals surface area (Å²) in [4.78, 5) is 20.5. The fourth-order valence-corrected chi connectivity index (χ4v) is 1.62. The Morgan fingerprint density at radius 2 is 2.27 bits per heavy atom. The summed E-state index contributed by atoms with van der Waals surface area (Å²) in [5, 5.41) is 0. The van der Waals surface area contributed by atoms with Gasteiger partial charge in [0.2, 0.25) is 0 Å². The van der Waals surface area contributed by atoms with Crippen LogP contribution in [0.2, 0.25) is 0 Å². The van der Waals surface area contributed by atoms with Crippen LogP contribution in [0.15, 0.2) is 18.2 Å². The lowest BCUT2D eigenvalue weighted by Crippen LogP contribution is -2.11. The molecule has 2 N–H and O–H groups in total. The van der Waals surface area contributed by atoms with Gasteiger partial charge in [-0.2, -0.15) is 4.73 Å². The van der Waals surface area contributed by atoms with Crippen molar-refractivity contribution in [1.29, 1.82) is 0 Å². The lowest BCUT2D eigenvalue weighted by Gasteiger charge is -2.02. The summed E-state index contributed by atoms with van der Waals surface area (Å²) in [5.74, 6) is 0.197. The molecule has 0 saturated carbocycles. The fourth-order valence-electron chi connectivity index (χ4n) is 1.62. The highest BCUT2D eigenvalue weighted by Crippen LogP contribution is 2.18. The van der Waals surface area contributed by atoms with E-state index in [9.17, 15) is 4.79 Å². The molecule has 0 aliphatic rings. The van der Waals surface area contributed by atoms with E-state index in [-0.39, 0.29) is 0 Å². The molecule has 15 heavy (non-hydrogen) atoms. The number of imidazole rings is 1. The quantitative estimate of drug-likeness (QED) is 0.776. The number of benzene rings is 1. The number of para-hydroxylation sites is 1. The molecule has 0 aliphatic carbocycles. The Hall–Kier alpha value is -2.04. The minimum atomic E-state index is -0.485. The zero-order chi connectivity index (χ0) is 11.0. The number of hydrogen-bond acceptors (Lipinski definition) is 3. The molecule has 0 bridgehead atoms. The summed E-state index contributed by atoms with van der Waals surface area (Å²) in [6, 6.07) is 5.22. The summed E-state index contributed by atoms with van der Waals surface area (Å²) in [7, 11) is 1.55. The zero-order valence-corrected chi connectivity index (χ0v) is 8.52. The molecule has 1 heterocycles. The summed E-state index contributed by atoms with van der Waals surface area (Å²) in [6.45, 7) is 1.80. The molecular weight excluding hydrogens is 194 g/mol. The maximum atomic E-state index is 11.2. The fraction of sp³-hybridized carbons (Fsp3) is 0.200. The molecule has 0 atom stereocenters. The Morgan fingerprint density at radius 1 is 1.53 bits per heavy atom. The number of primary amides is 1. The summed E-state index contributed by atoms with van der Waals surface area (Å²) in [6.07, 6.45) is 0. The van der Waals surface area contributed by atoms with Crippen molar-refractivity contribution >= 4 is 16.9 Å². The van der Waals surface area contributed by atoms with Crippen molar-refractivity contribution in [2.45, 2.75) is 6.92 Å². The smallest absolute Gasteiger partial charge is 0.250 e. The van der Waals surface area contributed by atoms with Crippen LogP contribution in [-0.2, 0) is 0 Å². The molecule has 0 radical (unpaired) electrons. The third kappa shape index (κ3) is 1.32. The van der Waals surface area contributed by atoms with Gasteiger partial charge >= 0.3 is 0 Å². The molecule has 78 valence electrons. The van der Waals surface area contributed by atoms with Crippen molar-refractivity contribution in [3.63, 3.8) is 0 Å². The molecule has 0 saturated heterocycles. The maximum Gasteiger partial charge on any atom is 0.250 e. The van der Waals surface area contributed by atoms with E-state index in [4.69, 9.17) is 10.6 Å². The first kappa shape index (κ1) is 9.51. The van der Waals surface area contributed by atoms with E-state index < -0.39 is 5.91 Å². The number of amides is 1. The van der Waals surface area contributed by atoms with E-state index in [1.165, 1.54) is 0 Å². The Morgan fingerprint density at radius 3 is 2.87 bits per heavy atom. The van der Waals surface area contributed by atoms with E-state index in [1.807, 2.05) is 6.07 Å². The first-order chi connectivity index (χ1) is 7.15. The molecule has 2 rings (SSSR count). The Bertz CT molecular complexity index is 531. The number of aryl methyl sites for hydroxylation is 1. The second kappa shape index (κ2) is 3.27. The largest absolute Gasteiger partial charge is 0.415 e. The highest BCUT2D eigenvalue weighted by Gasteiger charge is 2.13. The number of carbonyl (C=O) groups excluding carboxylic acids is 1. The van der Waals surface area contributed by atoms with E-state index in [0.717, 1.165) is 5.52 Å². The predicted molar refractivity (Wildman–Crippen MR) is 55.5 cm³/mol. The van der Waals surface area contributed by atoms with Gasteiger partial charge in [0.15, 0.2) is 0 Å². The number of rotatable bonds is 2. The van der Waals surface area contributed by atoms with Gasteiger partial charge in [-0.3, -0.25) is 4.79 Å². The van der Waals surface area contributed by atoms with Gasteiger partial charge in [0.25, 0.3) is 5.91 Å². The van der Waals surface area contributed by atoms with Crippen molar-refractivity contribution in [3.8, 4) is 0 Å². The molecular formula is C10H11N3O2. The molecule has 2 aromatic rings. The van der Waals surface area contributed by atoms with Gasteiger partial charge in [0, 0.05) is 0 Å². The number of hydrogen-bond donors (Lipinski definition) is 1. The predicted octanol–water partition coefficient (Wildman–Crippen LogP) is 0.502. The standard InChI is InChI=1S/C10H11N3O2/c1-6-12-9-7(10(11)14)4-3-5-8(9)13(6)15-2/h3-5H,1-2H3,(H2,11,14). The molecule has 0 aliphatic heterocycles. The maximum absolute atomic E-state index is 11.2. The number of nitrogens with zero attached hydrogens (tertiary/aromatic N) is 2. The van der Waals surface area contributed by atoms with E-state index in [0.29, 0.717) is 16.9 Å². The molecule has 0 fully saturated rings. The average molecular weight is 205 g/mol. The molecule has 0 unspecified atom stereocenters. The van der Waals surface area contributed by atoms with Crippen molar-refractivity contribution in [1.82, 2.24) is 9.71 Å². The topological polar surface area (TPSA) is 70.1 Å². The second-order valence-electron chi connectivity index (χ2n) is 3.17. The Balaban J connectivity index is 2.83. The number of nitrogens with two attached hydrogens (primary N) is 1. The van der Waals surface area contributed by atoms with Crippen LogP contribution in [0.4, 0.5) is 0 Å². The van der Waals surface area contributed by atoms with Crippen LogP contribution in [-0.4, -0.2) is 22.7 Å². The van der Waals surface area contributed by atoms with E-state index in [1.54, 1.807) is 30.9 Å². The van der Waals surface area contributed by atoms with Gasteiger partial charge in [0.1, 0.15) is 24.0 Å². The summed E-state index contributed by atoms with van der Waals surface area (Å²) >= 11 is 0. The Kier molecular flexibility index (Phi) is 2.07. The number of carbonyl (C=O) groups is 1. The van der Waals surface area contributed by atoms with Crippen LogP contribution < -0.4 is 10.6 Å². The van der Waals surface area contributed by atoms with E-state index >= 15 is 0 Å². The van der Waals surface area contributed by atoms with Crippen molar-refractivity contribution < 1.29 is 9.63 Å². The average Bonchev–Trinajstić information content (AvgIpc) is 2.52. The van der Waals surface area contributed by atoms with Crippen LogP contribution >= 0.6 is 0 Å². The van der Waals surface area contributed by atoms with Crippen LogP contribution in [0.5, 0.6) is 0 Å². The molecule has 1 aromatic heterocycles. The van der Waals surface area contributed by atoms with Gasteiger partial charge in [0.05, 0.1) is 5.56 Å². The highest BCUT2D eigenvalue weighted by atomic mass is 16.6. The van der Waals surface area contributed by atoms with Gasteiger partial charge in [-0.05, 0) is 19.1 Å². The van der Waals surface area contributed by atoms with Crippen LogP contribution in [0.25, 0.3) is 11.0 Å². The second-order valence-corrected chi connectivity index (χ2v) is 3.17. The SMILES string of the molecule is COn1c(C)nc2c(C(N)=O)cccc21. The van der Waals surface area contributed by atoms with Gasteiger partial charge in [-0.25, -0.2) is 4.98 Å². The molecule has 1 aromatic carbocycles. The van der Waals surface area contributed by atoms with Crippen LogP contribution in [0.3, 0.4) is 0 Å². The van der Waals surface area contributed by atoms with Crippen molar-refractivity contribution in [3.05, 3.63) is 29.6 Å². The van der Waals surface area contributed by atoms with Crippen molar-refractivity contribution in [2.24, 2.45) is 5.73 Å². The minimum Gasteiger partial charge on any atom is -0.415 e. The van der Waals surface area contributed by atoms with Gasteiger partial charge < -0.3 is 10.6 Å². The third-order valence-corrected chi connectivity index (χ3v) is 2.25. The van der Waals surface area contributed by atoms with Crippen LogP contribution in [0, 0.1) is 6.92 Å². The minimum absolute atomic E-state index is 0.409. The van der Waals surface area contributed by atoms with Gasteiger partial charge in [-0.1, -0.05) is 6.07 Å². The number of aromatic nitrogens is 2. The first-order valence-electron chi connectivity index (χ1n) is 4.47. The van der Waals surface area contributed by atoms with Crippen LogP contribution in [0.1, 0.15) is 16.2 Å². The zero-order valence-electron chi connectivity index (χ0n) is 8.52. The lowest BCUT2D eigenvalue weighted by molar-refractivity contribution is 0.100. The van der Waals surface area contributed by atoms with E-state index in [2.05, 4.69) is 4.98 Å². The Labute approximate surface area is 86.4 Å². The summed E-state index contributed by atoms with van der Waals surface area (Å²) < 4.78 is 1.56. The molecule has 0 spiro atoms. The lowest BCUT2D eigenvalue weighted by atomic mass is 10.2. The van der Waals surface area contributed by atoms with Gasteiger partial charge in [-0.15, -0.1) is 0 Å². The molecule has 5 nitrogen and oxygen atoms in total. The normalized spacial score (nSPS) is 10.5. The molecule has 1 amide bonds.